The zero-order valence-corrected chi connectivity index (χ0v) is 15.3. The number of carbonyl (C=O) groups excluding carboxylic acids is 2. The lowest BCUT2D eigenvalue weighted by molar-refractivity contribution is -0.126. The van der Waals surface area contributed by atoms with E-state index in [9.17, 15) is 9.59 Å². The van der Waals surface area contributed by atoms with Crippen molar-refractivity contribution in [3.8, 4) is 0 Å². The van der Waals surface area contributed by atoms with Gasteiger partial charge in [0.05, 0.1) is 5.92 Å². The Kier molecular flexibility index (Phi) is 5.74. The Labute approximate surface area is 150 Å². The number of nitrogens with one attached hydrogen (secondary N) is 1. The summed E-state index contributed by atoms with van der Waals surface area (Å²) in [6, 6.07) is 10.2. The molecule has 2 saturated heterocycles. The minimum Gasteiger partial charge on any atom is -0.356 e. The maximum Gasteiger partial charge on any atom is 0.227 e. The quantitative estimate of drug-likeness (QED) is 0.892. The summed E-state index contributed by atoms with van der Waals surface area (Å²) in [7, 11) is 0. The molecule has 0 saturated carbocycles. The highest BCUT2D eigenvalue weighted by atomic mass is 16.2. The van der Waals surface area contributed by atoms with Gasteiger partial charge in [0.2, 0.25) is 11.8 Å². The van der Waals surface area contributed by atoms with E-state index >= 15 is 0 Å². The third kappa shape index (κ3) is 4.40. The lowest BCUT2D eigenvalue weighted by Gasteiger charge is -2.34. The van der Waals surface area contributed by atoms with Crippen LogP contribution in [0.2, 0.25) is 0 Å². The third-order valence-electron chi connectivity index (χ3n) is 5.51. The van der Waals surface area contributed by atoms with E-state index in [1.54, 1.807) is 4.90 Å². The molecular weight excluding hydrogens is 314 g/mol. The summed E-state index contributed by atoms with van der Waals surface area (Å²) in [5.74, 6) is 0.388. The predicted molar refractivity (Wildman–Crippen MR) is 99.3 cm³/mol. The van der Waals surface area contributed by atoms with Crippen molar-refractivity contribution in [1.82, 2.24) is 10.2 Å². The van der Waals surface area contributed by atoms with Crippen molar-refractivity contribution in [1.29, 1.82) is 0 Å². The Morgan fingerprint density at radius 3 is 2.52 bits per heavy atom. The smallest absolute Gasteiger partial charge is 0.227 e. The molecule has 1 atom stereocenters. The van der Waals surface area contributed by atoms with E-state index in [0.717, 1.165) is 38.2 Å². The minimum atomic E-state index is -0.233. The number of rotatable bonds is 5. The molecule has 2 aliphatic heterocycles. The molecule has 5 nitrogen and oxygen atoms in total. The molecule has 136 valence electrons. The Morgan fingerprint density at radius 1 is 1.20 bits per heavy atom. The van der Waals surface area contributed by atoms with Crippen LogP contribution in [-0.2, 0) is 9.59 Å². The van der Waals surface area contributed by atoms with Crippen LogP contribution in [-0.4, -0.2) is 48.9 Å². The highest BCUT2D eigenvalue weighted by Gasteiger charge is 2.35. The SMILES string of the molecule is CC(C)N1CCC(CNC(=O)C2CC(=O)N(c3ccccc3)C2)CC1. The molecular formula is C20H29N3O2. The van der Waals surface area contributed by atoms with E-state index in [-0.39, 0.29) is 17.7 Å². The fraction of sp³-hybridized carbons (Fsp3) is 0.600. The van der Waals surface area contributed by atoms with Gasteiger partial charge in [-0.25, -0.2) is 0 Å². The van der Waals surface area contributed by atoms with Crippen LogP contribution in [0.1, 0.15) is 33.1 Å². The van der Waals surface area contributed by atoms with Crippen LogP contribution in [0.5, 0.6) is 0 Å². The Bertz CT molecular complexity index is 594. The van der Waals surface area contributed by atoms with Crippen molar-refractivity contribution in [2.24, 2.45) is 11.8 Å². The zero-order chi connectivity index (χ0) is 17.8. The lowest BCUT2D eigenvalue weighted by Crippen LogP contribution is -2.42. The van der Waals surface area contributed by atoms with Gasteiger partial charge in [0.15, 0.2) is 0 Å². The van der Waals surface area contributed by atoms with Gasteiger partial charge in [-0.15, -0.1) is 0 Å². The Hall–Kier alpha value is -1.88. The lowest BCUT2D eigenvalue weighted by atomic mass is 9.95. The second-order valence-electron chi connectivity index (χ2n) is 7.56. The van der Waals surface area contributed by atoms with Crippen molar-refractivity contribution >= 4 is 17.5 Å². The number of carbonyl (C=O) groups is 2. The molecule has 2 fully saturated rings. The fourth-order valence-corrected chi connectivity index (χ4v) is 3.80. The normalized spacial score (nSPS) is 22.6. The van der Waals surface area contributed by atoms with Gasteiger partial charge in [-0.2, -0.15) is 0 Å². The summed E-state index contributed by atoms with van der Waals surface area (Å²) < 4.78 is 0. The van der Waals surface area contributed by atoms with Crippen molar-refractivity contribution < 1.29 is 9.59 Å². The van der Waals surface area contributed by atoms with Crippen LogP contribution in [0.4, 0.5) is 5.69 Å². The van der Waals surface area contributed by atoms with E-state index in [4.69, 9.17) is 0 Å². The first-order valence-electron chi connectivity index (χ1n) is 9.41. The van der Waals surface area contributed by atoms with Gasteiger partial charge in [-0.3, -0.25) is 9.59 Å². The van der Waals surface area contributed by atoms with E-state index in [1.807, 2.05) is 30.3 Å². The largest absolute Gasteiger partial charge is 0.356 e. The van der Waals surface area contributed by atoms with E-state index < -0.39 is 0 Å². The number of amides is 2. The fourth-order valence-electron chi connectivity index (χ4n) is 3.80. The molecule has 2 aliphatic rings. The predicted octanol–water partition coefficient (Wildman–Crippen LogP) is 2.28. The molecule has 1 aromatic rings. The third-order valence-corrected chi connectivity index (χ3v) is 5.51. The average Bonchev–Trinajstić information content (AvgIpc) is 3.02. The molecule has 2 heterocycles. The van der Waals surface area contributed by atoms with Crippen LogP contribution in [0.3, 0.4) is 0 Å². The van der Waals surface area contributed by atoms with Crippen molar-refractivity contribution in [3.05, 3.63) is 30.3 Å². The number of para-hydroxylation sites is 1. The number of hydrogen-bond donors (Lipinski definition) is 1. The van der Waals surface area contributed by atoms with E-state index in [2.05, 4.69) is 24.1 Å². The van der Waals surface area contributed by atoms with Crippen LogP contribution >= 0.6 is 0 Å². The van der Waals surface area contributed by atoms with Crippen molar-refractivity contribution in [3.63, 3.8) is 0 Å². The summed E-state index contributed by atoms with van der Waals surface area (Å²) in [5.41, 5.74) is 0.879. The van der Waals surface area contributed by atoms with Gasteiger partial charge in [0.1, 0.15) is 0 Å². The second-order valence-corrected chi connectivity index (χ2v) is 7.56. The molecule has 0 bridgehead atoms. The molecule has 3 rings (SSSR count). The topological polar surface area (TPSA) is 52.7 Å². The summed E-state index contributed by atoms with van der Waals surface area (Å²) in [5, 5.41) is 3.09. The Balaban J connectivity index is 1.46. The molecule has 5 heteroatoms. The summed E-state index contributed by atoms with van der Waals surface area (Å²) in [6.45, 7) is 7.92. The minimum absolute atomic E-state index is 0.0260. The van der Waals surface area contributed by atoms with Crippen LogP contribution in [0, 0.1) is 11.8 Å². The molecule has 0 spiro atoms. The molecule has 2 amide bonds. The van der Waals surface area contributed by atoms with Crippen LogP contribution in [0.25, 0.3) is 0 Å². The number of hydrogen-bond acceptors (Lipinski definition) is 3. The molecule has 1 N–H and O–H groups in total. The van der Waals surface area contributed by atoms with Gasteiger partial charge >= 0.3 is 0 Å². The first-order chi connectivity index (χ1) is 12.0. The maximum atomic E-state index is 12.5. The number of nitrogens with zero attached hydrogens (tertiary/aromatic N) is 2. The number of likely N-dealkylation sites (tertiary alicyclic amines) is 1. The molecule has 1 aromatic carbocycles. The molecule has 25 heavy (non-hydrogen) atoms. The monoisotopic (exact) mass is 343 g/mol. The molecule has 1 unspecified atom stereocenters. The van der Waals surface area contributed by atoms with Crippen LogP contribution in [0.15, 0.2) is 30.3 Å². The Morgan fingerprint density at radius 2 is 1.88 bits per heavy atom. The van der Waals surface area contributed by atoms with Gasteiger partial charge in [-0.1, -0.05) is 18.2 Å². The van der Waals surface area contributed by atoms with E-state index in [0.29, 0.717) is 24.9 Å². The second kappa shape index (κ2) is 8.00. The van der Waals surface area contributed by atoms with Gasteiger partial charge in [-0.05, 0) is 57.8 Å². The summed E-state index contributed by atoms with van der Waals surface area (Å²) in [4.78, 5) is 28.9. The van der Waals surface area contributed by atoms with Gasteiger partial charge < -0.3 is 15.1 Å². The number of piperidine rings is 1. The standard InChI is InChI=1S/C20H29N3O2/c1-15(2)22-10-8-16(9-11-22)13-21-20(25)17-12-19(24)23(14-17)18-6-4-3-5-7-18/h3-7,15-17H,8-14H2,1-2H3,(H,21,25). The van der Waals surface area contributed by atoms with Crippen molar-refractivity contribution in [2.45, 2.75) is 39.2 Å². The van der Waals surface area contributed by atoms with Gasteiger partial charge in [0.25, 0.3) is 0 Å². The summed E-state index contributed by atoms with van der Waals surface area (Å²) >= 11 is 0. The number of benzene rings is 1. The molecule has 0 aromatic heterocycles. The van der Waals surface area contributed by atoms with Crippen LogP contribution < -0.4 is 10.2 Å². The first kappa shape index (κ1) is 17.9. The zero-order valence-electron chi connectivity index (χ0n) is 15.3. The molecule has 0 aliphatic carbocycles. The highest BCUT2D eigenvalue weighted by molar-refractivity contribution is 6.00. The van der Waals surface area contributed by atoms with E-state index in [1.165, 1.54) is 0 Å². The number of anilines is 1. The summed E-state index contributed by atoms with van der Waals surface area (Å²) in [6.07, 6.45) is 2.59. The maximum absolute atomic E-state index is 12.5. The molecule has 0 radical (unpaired) electrons. The average molecular weight is 343 g/mol. The highest BCUT2D eigenvalue weighted by Crippen LogP contribution is 2.25. The first-order valence-corrected chi connectivity index (χ1v) is 9.41. The van der Waals surface area contributed by atoms with Crippen molar-refractivity contribution in [2.75, 3.05) is 31.1 Å². The van der Waals surface area contributed by atoms with Gasteiger partial charge in [0, 0.05) is 31.2 Å².